The van der Waals surface area contributed by atoms with E-state index >= 15 is 0 Å². The molecule has 0 aliphatic carbocycles. The van der Waals surface area contributed by atoms with E-state index < -0.39 is 0 Å². The zero-order valence-corrected chi connectivity index (χ0v) is 20.6. The predicted molar refractivity (Wildman–Crippen MR) is 141 cm³/mol. The number of rotatable bonds is 6. The molecule has 4 nitrogen and oxygen atoms in total. The number of anilines is 1. The number of hydrogen-bond acceptors (Lipinski definition) is 2. The molecule has 1 atom stereocenters. The number of carbonyl (C=O) groups excluding carboxylic acids is 1. The molecule has 1 amide bonds. The number of aromatic amines is 1. The molecule has 6 heteroatoms. The van der Waals surface area contributed by atoms with E-state index in [0.29, 0.717) is 43.3 Å². The van der Waals surface area contributed by atoms with Crippen LogP contribution in [0.1, 0.15) is 36.0 Å². The van der Waals surface area contributed by atoms with Gasteiger partial charge in [0.1, 0.15) is 5.82 Å². The SMILES string of the molecule is CCc1cccc2c(C(CC(=O)N3CCN(c4ccccc4F)CC3)c3ccc(Cl)cc3)c[nH]c12. The van der Waals surface area contributed by atoms with Crippen LogP contribution >= 0.6 is 11.6 Å². The van der Waals surface area contributed by atoms with Crippen molar-refractivity contribution in [3.05, 3.63) is 100 Å². The molecule has 5 rings (SSSR count). The van der Waals surface area contributed by atoms with Crippen molar-refractivity contribution in [3.8, 4) is 0 Å². The Hall–Kier alpha value is -3.31. The zero-order valence-electron chi connectivity index (χ0n) is 19.8. The standard InChI is InChI=1S/C29H29ClFN3O/c1-2-20-6-5-7-23-25(19-32-29(20)23)24(21-10-12-22(30)13-11-21)18-28(35)34-16-14-33(15-17-34)27-9-4-3-8-26(27)31/h3-13,19,24,32H,2,14-18H2,1H3. The topological polar surface area (TPSA) is 39.3 Å². The van der Waals surface area contributed by atoms with Gasteiger partial charge in [-0.2, -0.15) is 0 Å². The van der Waals surface area contributed by atoms with E-state index in [2.05, 4.69) is 30.1 Å². The number of para-hydroxylation sites is 2. The van der Waals surface area contributed by atoms with E-state index in [0.717, 1.165) is 28.5 Å². The number of piperazine rings is 1. The first-order valence-corrected chi connectivity index (χ1v) is 12.5. The summed E-state index contributed by atoms with van der Waals surface area (Å²) < 4.78 is 14.2. The second-order valence-corrected chi connectivity index (χ2v) is 9.50. The number of halogens is 2. The maximum atomic E-state index is 14.2. The Kier molecular flexibility index (Phi) is 6.78. The summed E-state index contributed by atoms with van der Waals surface area (Å²) in [6, 6.07) is 21.0. The van der Waals surface area contributed by atoms with Crippen LogP contribution in [0.5, 0.6) is 0 Å². The largest absolute Gasteiger partial charge is 0.366 e. The van der Waals surface area contributed by atoms with Gasteiger partial charge in [-0.25, -0.2) is 4.39 Å². The van der Waals surface area contributed by atoms with Crippen molar-refractivity contribution in [3.63, 3.8) is 0 Å². The molecular formula is C29H29ClFN3O. The number of benzene rings is 3. The lowest BCUT2D eigenvalue weighted by Gasteiger charge is -2.36. The van der Waals surface area contributed by atoms with Gasteiger partial charge in [0.2, 0.25) is 5.91 Å². The summed E-state index contributed by atoms with van der Waals surface area (Å²) in [4.78, 5) is 20.9. The maximum absolute atomic E-state index is 14.2. The van der Waals surface area contributed by atoms with Gasteiger partial charge >= 0.3 is 0 Å². The number of hydrogen-bond donors (Lipinski definition) is 1. The van der Waals surface area contributed by atoms with Gasteiger partial charge in [0, 0.05) is 60.6 Å². The van der Waals surface area contributed by atoms with Gasteiger partial charge in [0.25, 0.3) is 0 Å². The Morgan fingerprint density at radius 2 is 1.74 bits per heavy atom. The highest BCUT2D eigenvalue weighted by atomic mass is 35.5. The van der Waals surface area contributed by atoms with Gasteiger partial charge in [-0.3, -0.25) is 4.79 Å². The third-order valence-corrected chi connectivity index (χ3v) is 7.32. The molecule has 2 heterocycles. The van der Waals surface area contributed by atoms with Crippen LogP contribution in [0.15, 0.2) is 72.9 Å². The van der Waals surface area contributed by atoms with Crippen LogP contribution in [0.4, 0.5) is 10.1 Å². The van der Waals surface area contributed by atoms with Crippen LogP contribution in [-0.4, -0.2) is 42.0 Å². The van der Waals surface area contributed by atoms with Gasteiger partial charge < -0.3 is 14.8 Å². The van der Waals surface area contributed by atoms with Gasteiger partial charge in [0.05, 0.1) is 5.69 Å². The number of amides is 1. The second-order valence-electron chi connectivity index (χ2n) is 9.06. The highest BCUT2D eigenvalue weighted by Crippen LogP contribution is 2.35. The van der Waals surface area contributed by atoms with E-state index in [4.69, 9.17) is 11.6 Å². The van der Waals surface area contributed by atoms with E-state index in [1.807, 2.05) is 46.3 Å². The third-order valence-electron chi connectivity index (χ3n) is 7.07. The number of nitrogens with zero attached hydrogens (tertiary/aromatic N) is 2. The molecule has 1 aliphatic rings. The summed E-state index contributed by atoms with van der Waals surface area (Å²) in [5.41, 5.74) is 5.18. The van der Waals surface area contributed by atoms with Crippen molar-refractivity contribution in [2.24, 2.45) is 0 Å². The number of H-pyrrole nitrogens is 1. The van der Waals surface area contributed by atoms with Crippen LogP contribution in [0, 0.1) is 5.82 Å². The molecule has 3 aromatic carbocycles. The number of aryl methyl sites for hydroxylation is 1. The summed E-state index contributed by atoms with van der Waals surface area (Å²) in [5, 5.41) is 1.83. The van der Waals surface area contributed by atoms with Gasteiger partial charge in [0.15, 0.2) is 0 Å². The molecule has 180 valence electrons. The molecule has 1 aliphatic heterocycles. The first-order chi connectivity index (χ1) is 17.0. The first kappa shape index (κ1) is 23.4. The van der Waals surface area contributed by atoms with Crippen molar-refractivity contribution in [1.82, 2.24) is 9.88 Å². The average Bonchev–Trinajstić information content (AvgIpc) is 3.32. The molecule has 35 heavy (non-hydrogen) atoms. The smallest absolute Gasteiger partial charge is 0.223 e. The Morgan fingerprint density at radius 3 is 2.46 bits per heavy atom. The van der Waals surface area contributed by atoms with Crippen LogP contribution in [0.3, 0.4) is 0 Å². The summed E-state index contributed by atoms with van der Waals surface area (Å²) in [6.07, 6.45) is 3.35. The monoisotopic (exact) mass is 489 g/mol. The van der Waals surface area contributed by atoms with E-state index in [9.17, 15) is 9.18 Å². The maximum Gasteiger partial charge on any atom is 0.223 e. The number of fused-ring (bicyclic) bond motifs is 1. The van der Waals surface area contributed by atoms with Crippen molar-refractivity contribution in [1.29, 1.82) is 0 Å². The minimum Gasteiger partial charge on any atom is -0.366 e. The first-order valence-electron chi connectivity index (χ1n) is 12.2. The van der Waals surface area contributed by atoms with E-state index in [1.165, 1.54) is 11.6 Å². The summed E-state index contributed by atoms with van der Waals surface area (Å²) >= 11 is 6.17. The van der Waals surface area contributed by atoms with Crippen molar-refractivity contribution in [2.75, 3.05) is 31.1 Å². The van der Waals surface area contributed by atoms with Crippen LogP contribution in [0.2, 0.25) is 5.02 Å². The lowest BCUT2D eigenvalue weighted by Crippen LogP contribution is -2.49. The molecule has 0 radical (unpaired) electrons. The molecule has 0 bridgehead atoms. The quantitative estimate of drug-likeness (QED) is 0.340. The van der Waals surface area contributed by atoms with Crippen molar-refractivity contribution in [2.45, 2.75) is 25.7 Å². The van der Waals surface area contributed by atoms with Crippen molar-refractivity contribution >= 4 is 34.1 Å². The molecule has 0 saturated carbocycles. The molecule has 1 fully saturated rings. The fourth-order valence-electron chi connectivity index (χ4n) is 5.13. The molecular weight excluding hydrogens is 461 g/mol. The van der Waals surface area contributed by atoms with E-state index in [-0.39, 0.29) is 17.6 Å². The molecule has 1 saturated heterocycles. The summed E-state index contributed by atoms with van der Waals surface area (Å²) in [5.74, 6) is -0.204. The van der Waals surface area contributed by atoms with Gasteiger partial charge in [-0.1, -0.05) is 61.0 Å². The highest BCUT2D eigenvalue weighted by Gasteiger charge is 2.27. The minimum absolute atomic E-state index is 0.0924. The minimum atomic E-state index is -0.221. The number of carbonyl (C=O) groups is 1. The normalized spacial score (nSPS) is 14.9. The van der Waals surface area contributed by atoms with Gasteiger partial charge in [-0.15, -0.1) is 0 Å². The molecule has 0 spiro atoms. The van der Waals surface area contributed by atoms with E-state index in [1.54, 1.807) is 12.1 Å². The third kappa shape index (κ3) is 4.78. The zero-order chi connectivity index (χ0) is 24.4. The molecule has 1 N–H and O–H groups in total. The van der Waals surface area contributed by atoms with Crippen LogP contribution < -0.4 is 4.90 Å². The predicted octanol–water partition coefficient (Wildman–Crippen LogP) is 6.39. The number of aromatic nitrogens is 1. The summed E-state index contributed by atoms with van der Waals surface area (Å²) in [6.45, 7) is 4.54. The van der Waals surface area contributed by atoms with Crippen molar-refractivity contribution < 1.29 is 9.18 Å². The Morgan fingerprint density at radius 1 is 1.00 bits per heavy atom. The Bertz CT molecular complexity index is 1330. The average molecular weight is 490 g/mol. The second kappa shape index (κ2) is 10.1. The molecule has 1 unspecified atom stereocenters. The van der Waals surface area contributed by atoms with Crippen LogP contribution in [-0.2, 0) is 11.2 Å². The fraction of sp³-hybridized carbons (Fsp3) is 0.276. The Labute approximate surface area is 210 Å². The van der Waals surface area contributed by atoms with Gasteiger partial charge in [-0.05, 0) is 47.4 Å². The van der Waals surface area contributed by atoms with Crippen LogP contribution in [0.25, 0.3) is 10.9 Å². The molecule has 4 aromatic rings. The number of nitrogens with one attached hydrogen (secondary N) is 1. The Balaban J connectivity index is 1.38. The lowest BCUT2D eigenvalue weighted by molar-refractivity contribution is -0.131. The highest BCUT2D eigenvalue weighted by molar-refractivity contribution is 6.30. The fourth-order valence-corrected chi connectivity index (χ4v) is 5.26. The summed E-state index contributed by atoms with van der Waals surface area (Å²) in [7, 11) is 0. The lowest BCUT2D eigenvalue weighted by atomic mass is 9.87. The molecule has 1 aromatic heterocycles.